The summed E-state index contributed by atoms with van der Waals surface area (Å²) in [6, 6.07) is 13.3. The molecule has 1 fully saturated rings. The highest BCUT2D eigenvalue weighted by molar-refractivity contribution is 5.82. The van der Waals surface area contributed by atoms with E-state index in [1.165, 1.54) is 13.0 Å². The zero-order chi connectivity index (χ0) is 24.1. The number of hydrogen-bond donors (Lipinski definition) is 3. The molecule has 3 aromatic rings. The molecule has 2 aromatic heterocycles. The van der Waals surface area contributed by atoms with Crippen molar-refractivity contribution >= 4 is 28.7 Å². The van der Waals surface area contributed by atoms with Crippen LogP contribution < -0.4 is 10.5 Å². The highest BCUT2D eigenvalue weighted by Gasteiger charge is 2.23. The Morgan fingerprint density at radius 1 is 1.21 bits per heavy atom. The molecule has 1 saturated heterocycles. The van der Waals surface area contributed by atoms with Gasteiger partial charge in [0.1, 0.15) is 11.9 Å². The van der Waals surface area contributed by atoms with Crippen molar-refractivity contribution in [3.8, 4) is 11.6 Å². The molecule has 1 atom stereocenters. The minimum atomic E-state index is -0.952. The zero-order valence-corrected chi connectivity index (χ0v) is 19.0. The number of amides is 1. The Labute approximate surface area is 198 Å². The van der Waals surface area contributed by atoms with Gasteiger partial charge in [-0.1, -0.05) is 6.07 Å². The number of nitrogens with two attached hydrogens (primary N) is 1. The topological polar surface area (TPSA) is 129 Å². The second-order valence-corrected chi connectivity index (χ2v) is 8.21. The number of ether oxygens (including phenoxy) is 1. The minimum absolute atomic E-state index is 0.212. The number of rotatable bonds is 7. The molecule has 3 heterocycles. The van der Waals surface area contributed by atoms with Gasteiger partial charge in [-0.05, 0) is 43.3 Å². The maximum atomic E-state index is 11.9. The van der Waals surface area contributed by atoms with Crippen molar-refractivity contribution in [3.63, 3.8) is 0 Å². The van der Waals surface area contributed by atoms with E-state index >= 15 is 0 Å². The summed E-state index contributed by atoms with van der Waals surface area (Å²) in [6.45, 7) is 4.93. The van der Waals surface area contributed by atoms with Crippen LogP contribution in [0.2, 0.25) is 0 Å². The van der Waals surface area contributed by atoms with Crippen molar-refractivity contribution < 1.29 is 14.6 Å². The number of pyridine rings is 2. The first-order valence-electron chi connectivity index (χ1n) is 11.1. The Bertz CT molecular complexity index is 1200. The fraction of sp³-hybridized carbons (Fsp3) is 0.280. The number of aliphatic hydroxyl groups is 1. The summed E-state index contributed by atoms with van der Waals surface area (Å²) in [5.41, 5.74) is 8.90. The number of aliphatic hydroxyl groups excluding tert-OH is 1. The van der Waals surface area contributed by atoms with Gasteiger partial charge in [-0.2, -0.15) is 0 Å². The molecule has 9 nitrogen and oxygen atoms in total. The van der Waals surface area contributed by atoms with Crippen LogP contribution in [0.3, 0.4) is 0 Å². The second-order valence-electron chi connectivity index (χ2n) is 8.21. The SMILES string of the molecule is C[C@@H](O)C(=O)N1CCN(Cc2ccc3cc(Oc4ccc(/C(N)=C/C=N)cn4)ccc3n2)CC1. The van der Waals surface area contributed by atoms with Crippen LogP contribution in [0.1, 0.15) is 18.2 Å². The molecule has 0 spiro atoms. The third-order valence-corrected chi connectivity index (χ3v) is 5.70. The number of aromatic nitrogens is 2. The number of piperazine rings is 1. The van der Waals surface area contributed by atoms with Crippen molar-refractivity contribution in [1.82, 2.24) is 19.8 Å². The minimum Gasteiger partial charge on any atom is -0.439 e. The van der Waals surface area contributed by atoms with Gasteiger partial charge in [0.25, 0.3) is 5.91 Å². The van der Waals surface area contributed by atoms with Gasteiger partial charge in [0.05, 0.1) is 11.2 Å². The van der Waals surface area contributed by atoms with Gasteiger partial charge in [-0.25, -0.2) is 4.98 Å². The molecular formula is C25H28N6O3. The summed E-state index contributed by atoms with van der Waals surface area (Å²) >= 11 is 0. The highest BCUT2D eigenvalue weighted by atomic mass is 16.5. The van der Waals surface area contributed by atoms with Crippen LogP contribution in [0.25, 0.3) is 16.6 Å². The van der Waals surface area contributed by atoms with Crippen molar-refractivity contribution in [2.75, 3.05) is 26.2 Å². The lowest BCUT2D eigenvalue weighted by atomic mass is 10.2. The average molecular weight is 461 g/mol. The van der Waals surface area contributed by atoms with Crippen LogP contribution in [0.4, 0.5) is 0 Å². The number of allylic oxidation sites excluding steroid dienone is 1. The monoisotopic (exact) mass is 460 g/mol. The van der Waals surface area contributed by atoms with Gasteiger partial charge >= 0.3 is 0 Å². The normalized spacial score (nSPS) is 15.8. The Hall–Kier alpha value is -3.82. The number of nitrogens with one attached hydrogen (secondary N) is 1. The number of benzene rings is 1. The molecule has 176 valence electrons. The van der Waals surface area contributed by atoms with Crippen molar-refractivity contribution in [1.29, 1.82) is 5.41 Å². The molecule has 0 aliphatic carbocycles. The van der Waals surface area contributed by atoms with Gasteiger partial charge in [0, 0.05) is 67.8 Å². The molecule has 9 heteroatoms. The maximum Gasteiger partial charge on any atom is 0.251 e. The van der Waals surface area contributed by atoms with Crippen molar-refractivity contribution in [3.05, 3.63) is 66.0 Å². The molecule has 4 N–H and O–H groups in total. The van der Waals surface area contributed by atoms with E-state index < -0.39 is 6.10 Å². The first-order chi connectivity index (χ1) is 16.4. The average Bonchev–Trinajstić information content (AvgIpc) is 2.84. The van der Waals surface area contributed by atoms with Crippen LogP contribution in [0.5, 0.6) is 11.6 Å². The number of carbonyl (C=O) groups is 1. The van der Waals surface area contributed by atoms with E-state index in [1.54, 1.807) is 23.2 Å². The molecule has 1 aliphatic heterocycles. The fourth-order valence-corrected chi connectivity index (χ4v) is 3.84. The quantitative estimate of drug-likeness (QED) is 0.462. The van der Waals surface area contributed by atoms with Gasteiger partial charge in [-0.15, -0.1) is 0 Å². The summed E-state index contributed by atoms with van der Waals surface area (Å²) in [5.74, 6) is 0.893. The third-order valence-electron chi connectivity index (χ3n) is 5.70. The maximum absolute atomic E-state index is 11.9. The molecule has 1 amide bonds. The number of nitrogens with zero attached hydrogens (tertiary/aromatic N) is 4. The van der Waals surface area contributed by atoms with Crippen LogP contribution >= 0.6 is 0 Å². The zero-order valence-electron chi connectivity index (χ0n) is 19.0. The fourth-order valence-electron chi connectivity index (χ4n) is 3.84. The van der Waals surface area contributed by atoms with Gasteiger partial charge in [-0.3, -0.25) is 14.7 Å². The summed E-state index contributed by atoms with van der Waals surface area (Å²) < 4.78 is 5.88. The largest absolute Gasteiger partial charge is 0.439 e. The standard InChI is InChI=1S/C25H28N6O3/c1-17(32)25(33)31-12-10-30(11-13-31)16-20-4-2-18-14-21(5-6-23(18)29-20)34-24-7-3-19(15-28-24)22(27)8-9-26/h2-9,14-15,17,26,32H,10-13,16,27H2,1H3/b22-8-,26-9?/t17-/m1/s1. The Balaban J connectivity index is 1.38. The highest BCUT2D eigenvalue weighted by Crippen LogP contribution is 2.25. The van der Waals surface area contributed by atoms with Crippen molar-refractivity contribution in [2.24, 2.45) is 5.73 Å². The summed E-state index contributed by atoms with van der Waals surface area (Å²) in [4.78, 5) is 25.0. The molecule has 0 radical (unpaired) electrons. The van der Waals surface area contributed by atoms with Crippen LogP contribution in [0, 0.1) is 5.41 Å². The molecule has 0 unspecified atom stereocenters. The lowest BCUT2D eigenvalue weighted by molar-refractivity contribution is -0.141. The molecule has 4 rings (SSSR count). The van der Waals surface area contributed by atoms with E-state index in [9.17, 15) is 9.90 Å². The van der Waals surface area contributed by atoms with Gasteiger partial charge in [0.2, 0.25) is 5.88 Å². The smallest absolute Gasteiger partial charge is 0.251 e. The molecular weight excluding hydrogens is 432 g/mol. The summed E-state index contributed by atoms with van der Waals surface area (Å²) in [7, 11) is 0. The van der Waals surface area contributed by atoms with Gasteiger partial charge < -0.3 is 25.9 Å². The third kappa shape index (κ3) is 5.56. The van der Waals surface area contributed by atoms with E-state index in [0.717, 1.165) is 41.5 Å². The van der Waals surface area contributed by atoms with E-state index in [-0.39, 0.29) is 5.91 Å². The lowest BCUT2D eigenvalue weighted by Crippen LogP contribution is -2.50. The lowest BCUT2D eigenvalue weighted by Gasteiger charge is -2.35. The van der Waals surface area contributed by atoms with Crippen LogP contribution in [-0.4, -0.2) is 69.3 Å². The summed E-state index contributed by atoms with van der Waals surface area (Å²) in [5, 5.41) is 17.5. The molecule has 34 heavy (non-hydrogen) atoms. The molecule has 0 bridgehead atoms. The van der Waals surface area contributed by atoms with Crippen LogP contribution in [0.15, 0.2) is 54.7 Å². The number of hydrogen-bond acceptors (Lipinski definition) is 8. The number of fused-ring (bicyclic) bond motifs is 1. The molecule has 0 saturated carbocycles. The Morgan fingerprint density at radius 3 is 2.68 bits per heavy atom. The Kier molecular flexibility index (Phi) is 7.15. The van der Waals surface area contributed by atoms with Crippen molar-refractivity contribution in [2.45, 2.75) is 19.6 Å². The van der Waals surface area contributed by atoms with E-state index in [1.807, 2.05) is 30.3 Å². The molecule has 1 aromatic carbocycles. The predicted molar refractivity (Wildman–Crippen MR) is 131 cm³/mol. The number of carbonyl (C=O) groups excluding carboxylic acids is 1. The van der Waals surface area contributed by atoms with E-state index in [0.29, 0.717) is 37.0 Å². The second kappa shape index (κ2) is 10.4. The van der Waals surface area contributed by atoms with Gasteiger partial charge in [0.15, 0.2) is 0 Å². The molecule has 1 aliphatic rings. The first-order valence-corrected chi connectivity index (χ1v) is 11.1. The Morgan fingerprint density at radius 2 is 2.00 bits per heavy atom. The predicted octanol–water partition coefficient (Wildman–Crippen LogP) is 2.40. The van der Waals surface area contributed by atoms with E-state index in [2.05, 4.69) is 9.88 Å². The summed E-state index contributed by atoms with van der Waals surface area (Å²) in [6.07, 6.45) is 3.29. The first kappa shape index (κ1) is 23.3. The van der Waals surface area contributed by atoms with E-state index in [4.69, 9.17) is 20.9 Å². The van der Waals surface area contributed by atoms with Crippen LogP contribution in [-0.2, 0) is 11.3 Å².